The average Bonchev–Trinajstić information content (AvgIpc) is 2.49. The number of carbonyl (C=O) groups excluding carboxylic acids is 1. The Hall–Kier alpha value is -2.46. The number of aryl methyl sites for hydroxylation is 2. The number of nitrogens with one attached hydrogen (secondary N) is 1. The van der Waals surface area contributed by atoms with Gasteiger partial charge in [0, 0.05) is 0 Å². The van der Waals surface area contributed by atoms with E-state index in [0.29, 0.717) is 5.56 Å². The summed E-state index contributed by atoms with van der Waals surface area (Å²) >= 11 is 0. The number of hydrazone groups is 1. The number of nitrogens with zero attached hydrogens (tertiary/aromatic N) is 1. The van der Waals surface area contributed by atoms with E-state index in [-0.39, 0.29) is 0 Å². The van der Waals surface area contributed by atoms with Crippen LogP contribution in [0.15, 0.2) is 53.6 Å². The average molecular weight is 282 g/mol. The number of aliphatic hydroxyl groups excluding tert-OH is 1. The Morgan fingerprint density at radius 2 is 1.90 bits per heavy atom. The summed E-state index contributed by atoms with van der Waals surface area (Å²) in [5.74, 6) is -0.554. The van der Waals surface area contributed by atoms with E-state index in [0.717, 1.165) is 11.1 Å². The summed E-state index contributed by atoms with van der Waals surface area (Å²) in [4.78, 5) is 11.8. The van der Waals surface area contributed by atoms with Crippen LogP contribution >= 0.6 is 0 Å². The van der Waals surface area contributed by atoms with Crippen LogP contribution in [-0.2, 0) is 4.79 Å². The molecule has 0 radical (unpaired) electrons. The van der Waals surface area contributed by atoms with Gasteiger partial charge in [0.2, 0.25) is 0 Å². The van der Waals surface area contributed by atoms with Crippen LogP contribution in [0.3, 0.4) is 0 Å². The Bertz CT molecular complexity index is 651. The molecule has 0 aliphatic heterocycles. The minimum absolute atomic E-state index is 0.539. The van der Waals surface area contributed by atoms with Crippen LogP contribution in [0.2, 0.25) is 0 Å². The van der Waals surface area contributed by atoms with Gasteiger partial charge in [0.15, 0.2) is 6.10 Å². The Kier molecular flexibility index (Phi) is 4.85. The first kappa shape index (κ1) is 14.9. The topological polar surface area (TPSA) is 61.7 Å². The summed E-state index contributed by atoms with van der Waals surface area (Å²) in [5, 5.41) is 13.8. The third-order valence-electron chi connectivity index (χ3n) is 3.17. The smallest absolute Gasteiger partial charge is 0.273 e. The van der Waals surface area contributed by atoms with E-state index in [1.165, 1.54) is 5.56 Å². The number of hydrogen-bond acceptors (Lipinski definition) is 3. The molecule has 108 valence electrons. The van der Waals surface area contributed by atoms with Crippen molar-refractivity contribution in [2.45, 2.75) is 20.0 Å². The first-order chi connectivity index (χ1) is 10.1. The lowest BCUT2D eigenvalue weighted by atomic mass is 10.1. The highest BCUT2D eigenvalue weighted by molar-refractivity contribution is 5.85. The molecule has 0 unspecified atom stereocenters. The molecule has 2 aromatic carbocycles. The zero-order chi connectivity index (χ0) is 15.2. The fourth-order valence-electron chi connectivity index (χ4n) is 1.98. The quantitative estimate of drug-likeness (QED) is 0.668. The van der Waals surface area contributed by atoms with Crippen LogP contribution in [0.25, 0.3) is 0 Å². The highest BCUT2D eigenvalue weighted by atomic mass is 16.3. The molecule has 0 bridgehead atoms. The molecular weight excluding hydrogens is 264 g/mol. The lowest BCUT2D eigenvalue weighted by Crippen LogP contribution is -2.25. The monoisotopic (exact) mass is 282 g/mol. The van der Waals surface area contributed by atoms with Gasteiger partial charge in [0.1, 0.15) is 0 Å². The Morgan fingerprint density at radius 3 is 2.57 bits per heavy atom. The van der Waals surface area contributed by atoms with Gasteiger partial charge in [-0.1, -0.05) is 54.1 Å². The molecule has 0 spiro atoms. The molecule has 0 heterocycles. The molecule has 0 aliphatic rings. The van der Waals surface area contributed by atoms with Crippen molar-refractivity contribution in [1.29, 1.82) is 0 Å². The molecule has 2 aromatic rings. The minimum atomic E-state index is -1.22. The number of hydrogen-bond donors (Lipinski definition) is 2. The maximum atomic E-state index is 11.8. The highest BCUT2D eigenvalue weighted by Gasteiger charge is 2.15. The van der Waals surface area contributed by atoms with E-state index in [2.05, 4.69) is 10.5 Å². The van der Waals surface area contributed by atoms with E-state index in [1.807, 2.05) is 38.1 Å². The second-order valence-electron chi connectivity index (χ2n) is 4.91. The van der Waals surface area contributed by atoms with Crippen molar-refractivity contribution >= 4 is 12.1 Å². The zero-order valence-electron chi connectivity index (χ0n) is 12.1. The summed E-state index contributed by atoms with van der Waals surface area (Å²) in [7, 11) is 0. The van der Waals surface area contributed by atoms with Gasteiger partial charge in [-0.25, -0.2) is 5.43 Å². The van der Waals surface area contributed by atoms with Gasteiger partial charge in [0.25, 0.3) is 5.91 Å². The number of rotatable bonds is 4. The van der Waals surface area contributed by atoms with Crippen molar-refractivity contribution in [2.24, 2.45) is 5.10 Å². The van der Waals surface area contributed by atoms with Crippen LogP contribution in [0.5, 0.6) is 0 Å². The predicted octanol–water partition coefficient (Wildman–Crippen LogP) is 2.49. The molecule has 4 nitrogen and oxygen atoms in total. The second-order valence-corrected chi connectivity index (χ2v) is 4.91. The van der Waals surface area contributed by atoms with Crippen molar-refractivity contribution in [3.05, 3.63) is 70.8 Å². The largest absolute Gasteiger partial charge is 0.378 e. The van der Waals surface area contributed by atoms with Crippen LogP contribution < -0.4 is 5.43 Å². The van der Waals surface area contributed by atoms with Crippen molar-refractivity contribution < 1.29 is 9.90 Å². The van der Waals surface area contributed by atoms with Gasteiger partial charge >= 0.3 is 0 Å². The molecule has 0 saturated carbocycles. The summed E-state index contributed by atoms with van der Waals surface area (Å²) in [6, 6.07) is 14.7. The van der Waals surface area contributed by atoms with Crippen LogP contribution in [0.1, 0.15) is 28.4 Å². The van der Waals surface area contributed by atoms with E-state index in [1.54, 1.807) is 30.5 Å². The van der Waals surface area contributed by atoms with Crippen molar-refractivity contribution in [2.75, 3.05) is 0 Å². The maximum Gasteiger partial charge on any atom is 0.273 e. The van der Waals surface area contributed by atoms with E-state index in [4.69, 9.17) is 0 Å². The Labute approximate surface area is 124 Å². The number of amides is 1. The summed E-state index contributed by atoms with van der Waals surface area (Å²) in [6.45, 7) is 4.00. The Balaban J connectivity index is 1.99. The first-order valence-corrected chi connectivity index (χ1v) is 6.71. The highest BCUT2D eigenvalue weighted by Crippen LogP contribution is 2.12. The zero-order valence-corrected chi connectivity index (χ0v) is 12.1. The van der Waals surface area contributed by atoms with Crippen LogP contribution in [0.4, 0.5) is 0 Å². The molecule has 0 aliphatic carbocycles. The first-order valence-electron chi connectivity index (χ1n) is 6.71. The van der Waals surface area contributed by atoms with Crippen molar-refractivity contribution in [3.63, 3.8) is 0 Å². The van der Waals surface area contributed by atoms with E-state index >= 15 is 0 Å². The predicted molar refractivity (Wildman–Crippen MR) is 83.1 cm³/mol. The van der Waals surface area contributed by atoms with Gasteiger partial charge in [0.05, 0.1) is 6.21 Å². The van der Waals surface area contributed by atoms with Gasteiger partial charge in [-0.3, -0.25) is 4.79 Å². The lowest BCUT2D eigenvalue weighted by Gasteiger charge is -2.08. The van der Waals surface area contributed by atoms with Gasteiger partial charge in [-0.2, -0.15) is 5.10 Å². The fraction of sp³-hybridized carbons (Fsp3) is 0.176. The standard InChI is InChI=1S/C17H18N2O2/c1-12-8-9-15(13(2)10-12)11-18-19-17(21)16(20)14-6-4-3-5-7-14/h3-11,16,20H,1-2H3,(H,19,21)/b18-11-/t16-/m1/s1. The molecule has 4 heteroatoms. The minimum Gasteiger partial charge on any atom is -0.378 e. The lowest BCUT2D eigenvalue weighted by molar-refractivity contribution is -0.129. The normalized spacial score (nSPS) is 12.3. The molecule has 0 aromatic heterocycles. The molecule has 0 fully saturated rings. The molecule has 1 atom stereocenters. The molecule has 2 rings (SSSR count). The SMILES string of the molecule is Cc1ccc(/C=N\NC(=O)[C@H](O)c2ccccc2)c(C)c1. The van der Waals surface area contributed by atoms with E-state index in [9.17, 15) is 9.90 Å². The summed E-state index contributed by atoms with van der Waals surface area (Å²) < 4.78 is 0. The van der Waals surface area contributed by atoms with Crippen molar-refractivity contribution in [3.8, 4) is 0 Å². The van der Waals surface area contributed by atoms with E-state index < -0.39 is 12.0 Å². The summed E-state index contributed by atoms with van der Waals surface area (Å²) in [5.41, 5.74) is 6.07. The third-order valence-corrected chi connectivity index (χ3v) is 3.17. The molecule has 1 amide bonds. The second kappa shape index (κ2) is 6.81. The molecule has 2 N–H and O–H groups in total. The maximum absolute atomic E-state index is 11.8. The summed E-state index contributed by atoms with van der Waals surface area (Å²) in [6.07, 6.45) is 0.354. The Morgan fingerprint density at radius 1 is 1.19 bits per heavy atom. The van der Waals surface area contributed by atoms with Gasteiger partial charge < -0.3 is 5.11 Å². The molecular formula is C17H18N2O2. The third kappa shape index (κ3) is 4.00. The number of aliphatic hydroxyl groups is 1. The van der Waals surface area contributed by atoms with Crippen LogP contribution in [0, 0.1) is 13.8 Å². The van der Waals surface area contributed by atoms with Gasteiger partial charge in [-0.15, -0.1) is 0 Å². The molecule has 0 saturated heterocycles. The number of benzene rings is 2. The van der Waals surface area contributed by atoms with Crippen molar-refractivity contribution in [1.82, 2.24) is 5.43 Å². The van der Waals surface area contributed by atoms with Crippen LogP contribution in [-0.4, -0.2) is 17.2 Å². The van der Waals surface area contributed by atoms with Gasteiger partial charge in [-0.05, 0) is 30.5 Å². The number of carbonyl (C=O) groups is 1. The molecule has 21 heavy (non-hydrogen) atoms. The fourth-order valence-corrected chi connectivity index (χ4v) is 1.98.